The maximum Gasteiger partial charge on any atom is 0.451 e. The number of allylic oxidation sites excluding steroid dienone is 5. The summed E-state index contributed by atoms with van der Waals surface area (Å²) < 4.78 is 71.5. The average molecular weight is 557 g/mol. The third kappa shape index (κ3) is 8.63. The van der Waals surface area contributed by atoms with Gasteiger partial charge in [-0.1, -0.05) is 18.7 Å². The predicted octanol–water partition coefficient (Wildman–Crippen LogP) is 3.74. The molecule has 0 atom stereocenters. The number of alkyl halides is 6. The lowest BCUT2D eigenvalue weighted by molar-refractivity contribution is -0.144. The lowest BCUT2D eigenvalue weighted by atomic mass is 10.0. The van der Waals surface area contributed by atoms with Gasteiger partial charge in [-0.3, -0.25) is 10.1 Å². The number of hydrogen-bond acceptors (Lipinski definition) is 8. The van der Waals surface area contributed by atoms with Crippen LogP contribution >= 0.6 is 0 Å². The molecule has 39 heavy (non-hydrogen) atoms. The normalized spacial score (nSPS) is 12.4. The molecule has 6 N–H and O–H groups in total. The Hall–Kier alpha value is -4.80. The number of nitrogens with two attached hydrogens (primary N) is 2. The van der Waals surface area contributed by atoms with Gasteiger partial charge in [-0.05, 0) is 24.6 Å². The number of halogens is 6. The maximum atomic E-state index is 12.7. The first kappa shape index (κ1) is 30.4. The van der Waals surface area contributed by atoms with Crippen LogP contribution in [0.5, 0.6) is 0 Å². The van der Waals surface area contributed by atoms with E-state index in [2.05, 4.69) is 43.0 Å². The molecule has 0 aliphatic rings. The van der Waals surface area contributed by atoms with E-state index in [9.17, 15) is 35.9 Å². The maximum absolute atomic E-state index is 12.7. The van der Waals surface area contributed by atoms with Crippen LogP contribution in [0.1, 0.15) is 28.7 Å². The van der Waals surface area contributed by atoms with Crippen LogP contribution in [0.15, 0.2) is 55.3 Å². The van der Waals surface area contributed by atoms with E-state index in [1.54, 1.807) is 13.0 Å². The van der Waals surface area contributed by atoms with E-state index in [0.29, 0.717) is 34.2 Å². The smallest absolute Gasteiger partial charge is 0.382 e. The number of anilines is 2. The number of aromatic nitrogens is 5. The van der Waals surface area contributed by atoms with E-state index in [1.165, 1.54) is 29.2 Å². The van der Waals surface area contributed by atoms with Crippen molar-refractivity contribution in [2.75, 3.05) is 17.6 Å². The van der Waals surface area contributed by atoms with E-state index >= 15 is 0 Å². The third-order valence-corrected chi connectivity index (χ3v) is 4.47. The van der Waals surface area contributed by atoms with Gasteiger partial charge >= 0.3 is 18.4 Å². The monoisotopic (exact) mass is 557 g/mol. The fourth-order valence-electron chi connectivity index (χ4n) is 2.85. The molecule has 3 aromatic rings. The zero-order valence-corrected chi connectivity index (χ0v) is 20.0. The second kappa shape index (κ2) is 12.6. The zero-order valence-electron chi connectivity index (χ0n) is 20.0. The molecule has 17 heteroatoms. The Bertz CT molecular complexity index is 1410. The Morgan fingerprint density at radius 1 is 1.18 bits per heavy atom. The predicted molar refractivity (Wildman–Crippen MR) is 129 cm³/mol. The minimum atomic E-state index is -4.74. The van der Waals surface area contributed by atoms with E-state index in [-0.39, 0.29) is 11.6 Å². The molecule has 0 saturated heterocycles. The molecule has 0 saturated carbocycles. The minimum Gasteiger partial charge on any atom is -0.382 e. The second-order valence-electron chi connectivity index (χ2n) is 7.35. The SMILES string of the molecule is C=C/C(=C\C=C(/C)NC(=O)Nc1ccnc(C(F)(F)F)n1)c1c(C=O)cn2ncnc(N)c12.NCC(F)(F)F. The van der Waals surface area contributed by atoms with Gasteiger partial charge in [-0.15, -0.1) is 0 Å². The van der Waals surface area contributed by atoms with E-state index in [0.717, 1.165) is 12.3 Å². The highest BCUT2D eigenvalue weighted by Crippen LogP contribution is 2.29. The molecule has 0 unspecified atom stereocenters. The molecule has 0 spiro atoms. The molecule has 3 heterocycles. The summed E-state index contributed by atoms with van der Waals surface area (Å²) in [5, 5.41) is 8.68. The van der Waals surface area contributed by atoms with Gasteiger partial charge in [0, 0.05) is 29.2 Å². The van der Waals surface area contributed by atoms with Gasteiger partial charge in [0.25, 0.3) is 0 Å². The summed E-state index contributed by atoms with van der Waals surface area (Å²) in [6, 6.07) is 0.305. The molecule has 3 rings (SSSR count). The van der Waals surface area contributed by atoms with Crippen LogP contribution in [0.3, 0.4) is 0 Å². The number of carbonyl (C=O) groups is 2. The molecule has 0 fully saturated rings. The Kier molecular flexibility index (Phi) is 9.86. The van der Waals surface area contributed by atoms with Crippen molar-refractivity contribution in [3.05, 3.63) is 72.2 Å². The van der Waals surface area contributed by atoms with Crippen molar-refractivity contribution in [2.45, 2.75) is 19.3 Å². The van der Waals surface area contributed by atoms with Crippen molar-refractivity contribution >= 4 is 35.0 Å². The van der Waals surface area contributed by atoms with Crippen LogP contribution in [0.4, 0.5) is 42.8 Å². The number of fused-ring (bicyclic) bond motifs is 1. The van der Waals surface area contributed by atoms with E-state index in [4.69, 9.17) is 5.73 Å². The number of hydrogen-bond donors (Lipinski definition) is 4. The molecule has 0 aliphatic carbocycles. The number of nitrogens with zero attached hydrogens (tertiary/aromatic N) is 5. The van der Waals surface area contributed by atoms with Crippen molar-refractivity contribution in [1.82, 2.24) is 29.9 Å². The summed E-state index contributed by atoms with van der Waals surface area (Å²) in [5.41, 5.74) is 12.1. The first-order valence-corrected chi connectivity index (χ1v) is 10.5. The molecule has 2 amide bonds. The van der Waals surface area contributed by atoms with Crippen molar-refractivity contribution in [3.8, 4) is 0 Å². The third-order valence-electron chi connectivity index (χ3n) is 4.47. The summed E-state index contributed by atoms with van der Waals surface area (Å²) in [7, 11) is 0. The Balaban J connectivity index is 0.000000798. The lowest BCUT2D eigenvalue weighted by Crippen LogP contribution is -2.28. The first-order chi connectivity index (χ1) is 18.2. The fraction of sp³-hybridized carbons (Fsp3) is 0.182. The van der Waals surface area contributed by atoms with Crippen molar-refractivity contribution < 1.29 is 35.9 Å². The van der Waals surface area contributed by atoms with Gasteiger partial charge in [-0.25, -0.2) is 24.3 Å². The highest BCUT2D eigenvalue weighted by molar-refractivity contribution is 5.98. The highest BCUT2D eigenvalue weighted by atomic mass is 19.4. The standard InChI is InChI=1S/C20H17F3N8O2.C2H4F3N/c1-3-12(15-13(9-32)8-31-16(15)17(24)26-10-27-31)5-4-11(2)28-19(33)30-14-6-7-25-18(29-14)20(21,22)23;3-2(4,5)1-6/h3-10H,1H2,2H3,(H2,24,26,27)(H2,25,28,29,30,33);1,6H2/b11-4+,12-5+;. The average Bonchev–Trinajstić information content (AvgIpc) is 3.24. The van der Waals surface area contributed by atoms with Gasteiger partial charge in [-0.2, -0.15) is 31.4 Å². The highest BCUT2D eigenvalue weighted by Gasteiger charge is 2.34. The van der Waals surface area contributed by atoms with E-state index < -0.39 is 30.8 Å². The number of amides is 2. The van der Waals surface area contributed by atoms with Crippen LogP contribution in [-0.4, -0.2) is 49.6 Å². The summed E-state index contributed by atoms with van der Waals surface area (Å²) >= 11 is 0. The molecular formula is C22H21F6N9O2. The quantitative estimate of drug-likeness (QED) is 0.202. The Morgan fingerprint density at radius 2 is 1.85 bits per heavy atom. The number of urea groups is 1. The van der Waals surface area contributed by atoms with Crippen LogP contribution in [0, 0.1) is 0 Å². The molecule has 0 radical (unpaired) electrons. The van der Waals surface area contributed by atoms with Gasteiger partial charge < -0.3 is 16.8 Å². The Labute approximate surface area is 216 Å². The molecule has 0 aromatic carbocycles. The van der Waals surface area contributed by atoms with Crippen molar-refractivity contribution in [2.24, 2.45) is 5.73 Å². The number of nitrogen functional groups attached to an aromatic ring is 1. The van der Waals surface area contributed by atoms with Crippen molar-refractivity contribution in [3.63, 3.8) is 0 Å². The Morgan fingerprint density at radius 3 is 2.41 bits per heavy atom. The molecule has 0 aliphatic heterocycles. The zero-order chi connectivity index (χ0) is 29.4. The van der Waals surface area contributed by atoms with Gasteiger partial charge in [0.05, 0.1) is 6.54 Å². The summed E-state index contributed by atoms with van der Waals surface area (Å²) in [4.78, 5) is 34.0. The summed E-state index contributed by atoms with van der Waals surface area (Å²) in [6.07, 6.45) is -0.0900. The number of nitrogens with one attached hydrogen (secondary N) is 2. The van der Waals surface area contributed by atoms with Gasteiger partial charge in [0.15, 0.2) is 12.1 Å². The molecule has 11 nitrogen and oxygen atoms in total. The summed E-state index contributed by atoms with van der Waals surface area (Å²) in [6.45, 7) is 4.06. The van der Waals surface area contributed by atoms with Crippen LogP contribution in [0.25, 0.3) is 11.1 Å². The molecule has 0 bridgehead atoms. The van der Waals surface area contributed by atoms with Gasteiger partial charge in [0.2, 0.25) is 5.82 Å². The summed E-state index contributed by atoms with van der Waals surface area (Å²) in [5.74, 6) is -1.54. The number of aldehydes is 1. The van der Waals surface area contributed by atoms with Crippen LogP contribution < -0.4 is 22.1 Å². The van der Waals surface area contributed by atoms with Crippen molar-refractivity contribution in [1.29, 1.82) is 0 Å². The number of carbonyl (C=O) groups excluding carboxylic acids is 2. The number of rotatable bonds is 6. The van der Waals surface area contributed by atoms with Gasteiger partial charge in [0.1, 0.15) is 17.7 Å². The van der Waals surface area contributed by atoms with E-state index in [1.807, 2.05) is 0 Å². The lowest BCUT2D eigenvalue weighted by Gasteiger charge is -2.09. The largest absolute Gasteiger partial charge is 0.451 e. The minimum absolute atomic E-state index is 0.155. The second-order valence-corrected chi connectivity index (χ2v) is 7.35. The fourth-order valence-corrected chi connectivity index (χ4v) is 2.85. The molecular weight excluding hydrogens is 536 g/mol. The van der Waals surface area contributed by atoms with Crippen LogP contribution in [-0.2, 0) is 6.18 Å². The van der Waals surface area contributed by atoms with Crippen LogP contribution in [0.2, 0.25) is 0 Å². The topological polar surface area (TPSA) is 166 Å². The molecule has 3 aromatic heterocycles. The first-order valence-electron chi connectivity index (χ1n) is 10.5. The molecule has 208 valence electrons.